The molecule has 0 aromatic carbocycles. The molecule has 0 radical (unpaired) electrons. The number of aryl methyl sites for hydroxylation is 2. The van der Waals surface area contributed by atoms with Crippen LogP contribution in [0.4, 0.5) is 0 Å². The third kappa shape index (κ3) is 7.59. The van der Waals surface area contributed by atoms with Crippen molar-refractivity contribution >= 4 is 16.9 Å². The molecule has 6 heteroatoms. The molecule has 126 valence electrons. The summed E-state index contributed by atoms with van der Waals surface area (Å²) in [4.78, 5) is 10.9. The molecule has 0 saturated carbocycles. The first-order valence-electron chi connectivity index (χ1n) is 7.31. The van der Waals surface area contributed by atoms with E-state index in [1.54, 1.807) is 6.92 Å². The molecule has 0 bridgehead atoms. The average molecular weight is 462 g/mol. The molecule has 0 fully saturated rings. The molecule has 2 aromatic heterocycles. The van der Waals surface area contributed by atoms with Gasteiger partial charge in [-0.25, -0.2) is 9.13 Å². The SMILES string of the molecule is CC[n+]1ccc(-c2cc[n+](CCCSC(C)=O)cc2)cc1.[Br-].[Br-]. The van der Waals surface area contributed by atoms with Crippen LogP contribution >= 0.6 is 11.8 Å². The Morgan fingerprint density at radius 2 is 1.43 bits per heavy atom. The number of nitrogens with zero attached hydrogens (tertiary/aromatic N) is 2. The van der Waals surface area contributed by atoms with Crippen molar-refractivity contribution in [1.82, 2.24) is 0 Å². The molecule has 2 heterocycles. The van der Waals surface area contributed by atoms with Crippen molar-refractivity contribution in [3.8, 4) is 11.1 Å². The van der Waals surface area contributed by atoms with Crippen LogP contribution in [0.25, 0.3) is 11.1 Å². The normalized spacial score (nSPS) is 9.65. The third-order valence-electron chi connectivity index (χ3n) is 3.35. The zero-order valence-corrected chi connectivity index (χ0v) is 17.4. The van der Waals surface area contributed by atoms with E-state index in [0.717, 1.165) is 25.3 Å². The fraction of sp³-hybridized carbons (Fsp3) is 0.353. The molecule has 2 aromatic rings. The lowest BCUT2D eigenvalue weighted by atomic mass is 10.1. The molecule has 0 aliphatic heterocycles. The number of pyridine rings is 2. The standard InChI is InChI=1S/C17H22N2OS.2BrH/c1-3-18-10-5-16(6-11-18)17-7-12-19(13-8-17)9-4-14-21-15(2)20;;/h5-8,10-13H,3-4,9,14H2,1-2H3;2*1H/q+2;;/p-2. The van der Waals surface area contributed by atoms with Crippen LogP contribution in [0, 0.1) is 0 Å². The van der Waals surface area contributed by atoms with E-state index in [1.165, 1.54) is 22.9 Å². The van der Waals surface area contributed by atoms with Gasteiger partial charge in [0.2, 0.25) is 0 Å². The quantitative estimate of drug-likeness (QED) is 0.331. The van der Waals surface area contributed by atoms with E-state index in [4.69, 9.17) is 0 Å². The molecule has 0 N–H and O–H groups in total. The molecule has 0 amide bonds. The van der Waals surface area contributed by atoms with E-state index in [-0.39, 0.29) is 39.1 Å². The van der Waals surface area contributed by atoms with Crippen LogP contribution in [0.15, 0.2) is 49.1 Å². The molecule has 0 unspecified atom stereocenters. The number of carbonyl (C=O) groups excluding carboxylic acids is 1. The molecular weight excluding hydrogens is 440 g/mol. The van der Waals surface area contributed by atoms with E-state index < -0.39 is 0 Å². The van der Waals surface area contributed by atoms with E-state index >= 15 is 0 Å². The minimum atomic E-state index is 0. The monoisotopic (exact) mass is 460 g/mol. The number of hydrogen-bond acceptors (Lipinski definition) is 2. The fourth-order valence-corrected chi connectivity index (χ4v) is 2.68. The Balaban J connectivity index is 0.00000242. The molecule has 0 atom stereocenters. The minimum absolute atomic E-state index is 0. The van der Waals surface area contributed by atoms with E-state index in [0.29, 0.717) is 0 Å². The highest BCUT2D eigenvalue weighted by atomic mass is 79.9. The maximum atomic E-state index is 10.9. The summed E-state index contributed by atoms with van der Waals surface area (Å²) in [6.45, 7) is 5.70. The Hall–Kier alpha value is -0.720. The zero-order chi connectivity index (χ0) is 15.1. The summed E-state index contributed by atoms with van der Waals surface area (Å²) >= 11 is 1.40. The first-order valence-corrected chi connectivity index (χ1v) is 8.29. The van der Waals surface area contributed by atoms with Crippen LogP contribution < -0.4 is 43.1 Å². The Kier molecular flexibility index (Phi) is 11.4. The Labute approximate surface area is 163 Å². The molecule has 0 aliphatic rings. The van der Waals surface area contributed by atoms with E-state index in [9.17, 15) is 4.79 Å². The second kappa shape index (κ2) is 11.8. The maximum absolute atomic E-state index is 10.9. The van der Waals surface area contributed by atoms with Crippen molar-refractivity contribution in [2.24, 2.45) is 0 Å². The lowest BCUT2D eigenvalue weighted by molar-refractivity contribution is -0.696. The third-order valence-corrected chi connectivity index (χ3v) is 4.25. The van der Waals surface area contributed by atoms with Crippen LogP contribution in [0.2, 0.25) is 0 Å². The van der Waals surface area contributed by atoms with Crippen molar-refractivity contribution in [2.75, 3.05) is 5.75 Å². The lowest BCUT2D eigenvalue weighted by Gasteiger charge is -2.01. The van der Waals surface area contributed by atoms with Gasteiger partial charge in [0.15, 0.2) is 29.9 Å². The smallest absolute Gasteiger partial charge is 0.185 e. The first-order chi connectivity index (χ1) is 10.2. The van der Waals surface area contributed by atoms with Gasteiger partial charge in [0, 0.05) is 43.4 Å². The van der Waals surface area contributed by atoms with Gasteiger partial charge in [-0.15, -0.1) is 0 Å². The summed E-state index contributed by atoms with van der Waals surface area (Å²) in [5, 5.41) is 0.198. The van der Waals surface area contributed by atoms with Gasteiger partial charge < -0.3 is 34.0 Å². The van der Waals surface area contributed by atoms with Crippen LogP contribution in [0.5, 0.6) is 0 Å². The lowest BCUT2D eigenvalue weighted by Crippen LogP contribution is -3.00. The second-order valence-electron chi connectivity index (χ2n) is 4.94. The molecule has 3 nitrogen and oxygen atoms in total. The topological polar surface area (TPSA) is 24.8 Å². The Morgan fingerprint density at radius 3 is 1.87 bits per heavy atom. The molecule has 0 spiro atoms. The molecule has 0 saturated heterocycles. The number of halogens is 2. The average Bonchev–Trinajstić information content (AvgIpc) is 2.52. The summed E-state index contributed by atoms with van der Waals surface area (Å²) < 4.78 is 4.32. The summed E-state index contributed by atoms with van der Waals surface area (Å²) in [7, 11) is 0. The number of thioether (sulfide) groups is 1. The van der Waals surface area contributed by atoms with Gasteiger partial charge in [-0.1, -0.05) is 11.8 Å². The van der Waals surface area contributed by atoms with Crippen molar-refractivity contribution in [1.29, 1.82) is 0 Å². The zero-order valence-electron chi connectivity index (χ0n) is 13.4. The number of carbonyl (C=O) groups is 1. The van der Waals surface area contributed by atoms with Gasteiger partial charge in [-0.3, -0.25) is 4.79 Å². The highest BCUT2D eigenvalue weighted by molar-refractivity contribution is 8.13. The number of hydrogen-bond donors (Lipinski definition) is 0. The van der Waals surface area contributed by atoms with Crippen LogP contribution in [0.1, 0.15) is 20.3 Å². The van der Waals surface area contributed by atoms with Gasteiger partial charge >= 0.3 is 0 Å². The van der Waals surface area contributed by atoms with Crippen molar-refractivity contribution < 1.29 is 47.9 Å². The second-order valence-corrected chi connectivity index (χ2v) is 6.21. The summed E-state index contributed by atoms with van der Waals surface area (Å²) in [6, 6.07) is 8.58. The first kappa shape index (κ1) is 22.3. The van der Waals surface area contributed by atoms with Gasteiger partial charge in [0.05, 0.1) is 0 Å². The predicted octanol–water partition coefficient (Wildman–Crippen LogP) is -3.37. The van der Waals surface area contributed by atoms with Crippen molar-refractivity contribution in [2.45, 2.75) is 33.4 Å². The summed E-state index contributed by atoms with van der Waals surface area (Å²) in [6.07, 6.45) is 9.43. The van der Waals surface area contributed by atoms with Crippen molar-refractivity contribution in [3.63, 3.8) is 0 Å². The van der Waals surface area contributed by atoms with Gasteiger partial charge in [0.1, 0.15) is 13.1 Å². The molecule has 0 aliphatic carbocycles. The van der Waals surface area contributed by atoms with Gasteiger partial charge in [0.25, 0.3) is 0 Å². The highest BCUT2D eigenvalue weighted by Crippen LogP contribution is 2.15. The van der Waals surface area contributed by atoms with Crippen LogP contribution in [-0.2, 0) is 17.9 Å². The largest absolute Gasteiger partial charge is 1.00 e. The van der Waals surface area contributed by atoms with Crippen LogP contribution in [0.3, 0.4) is 0 Å². The Morgan fingerprint density at radius 1 is 0.957 bits per heavy atom. The maximum Gasteiger partial charge on any atom is 0.185 e. The van der Waals surface area contributed by atoms with E-state index in [1.807, 2.05) is 0 Å². The molecule has 23 heavy (non-hydrogen) atoms. The van der Waals surface area contributed by atoms with Crippen molar-refractivity contribution in [3.05, 3.63) is 49.1 Å². The number of aromatic nitrogens is 2. The summed E-state index contributed by atoms with van der Waals surface area (Å²) in [5.41, 5.74) is 2.46. The number of rotatable bonds is 6. The highest BCUT2D eigenvalue weighted by Gasteiger charge is 2.05. The van der Waals surface area contributed by atoms with Gasteiger partial charge in [-0.2, -0.15) is 0 Å². The van der Waals surface area contributed by atoms with E-state index in [2.05, 4.69) is 65.1 Å². The van der Waals surface area contributed by atoms with Crippen LogP contribution in [-0.4, -0.2) is 10.9 Å². The summed E-state index contributed by atoms with van der Waals surface area (Å²) in [5.74, 6) is 0.889. The molecular formula is C17H22Br2N2OS. The molecule has 2 rings (SSSR count). The fourth-order valence-electron chi connectivity index (χ4n) is 2.12. The van der Waals surface area contributed by atoms with Gasteiger partial charge in [-0.05, 0) is 18.1 Å². The minimum Gasteiger partial charge on any atom is -1.00 e. The Bertz CT molecular complexity index is 589. The predicted molar refractivity (Wildman–Crippen MR) is 85.7 cm³/mol.